The Kier molecular flexibility index (Phi) is 3.52. The van der Waals surface area contributed by atoms with Gasteiger partial charge in [-0.25, -0.2) is 0 Å². The van der Waals surface area contributed by atoms with Gasteiger partial charge in [-0.1, -0.05) is 24.0 Å². The summed E-state index contributed by atoms with van der Waals surface area (Å²) in [5.41, 5.74) is 2.14. The molecule has 1 aliphatic rings. The lowest BCUT2D eigenvalue weighted by atomic mass is 10.1. The first-order valence-corrected chi connectivity index (χ1v) is 7.80. The monoisotopic (exact) mass is 305 g/mol. The summed E-state index contributed by atoms with van der Waals surface area (Å²) in [6.45, 7) is 3.98. The zero-order valence-electron chi connectivity index (χ0n) is 11.3. The average molecular weight is 305 g/mol. The molecule has 104 valence electrons. The molecule has 2 aromatic rings. The minimum atomic E-state index is -0.114. The first-order valence-electron chi connectivity index (χ1n) is 6.51. The van der Waals surface area contributed by atoms with Crippen molar-refractivity contribution >= 4 is 45.1 Å². The SMILES string of the molecule is CC(C)N1C(=O)C(Cc2c[nH]c3cnccc23)SC1=S. The van der Waals surface area contributed by atoms with E-state index in [0.29, 0.717) is 10.7 Å². The third-order valence-electron chi connectivity index (χ3n) is 3.44. The Morgan fingerprint density at radius 2 is 2.35 bits per heavy atom. The Labute approximate surface area is 126 Å². The molecule has 4 nitrogen and oxygen atoms in total. The van der Waals surface area contributed by atoms with E-state index in [4.69, 9.17) is 12.2 Å². The number of nitrogens with zero attached hydrogens (tertiary/aromatic N) is 2. The van der Waals surface area contributed by atoms with E-state index in [-0.39, 0.29) is 17.2 Å². The van der Waals surface area contributed by atoms with Crippen LogP contribution in [0.4, 0.5) is 0 Å². The minimum absolute atomic E-state index is 0.114. The number of fused-ring (bicyclic) bond motifs is 1. The molecular formula is C14H15N3OS2. The van der Waals surface area contributed by atoms with Gasteiger partial charge in [0.25, 0.3) is 0 Å². The molecule has 1 saturated heterocycles. The van der Waals surface area contributed by atoms with Crippen LogP contribution in [0, 0.1) is 0 Å². The van der Waals surface area contributed by atoms with Crippen LogP contribution in [0.5, 0.6) is 0 Å². The van der Waals surface area contributed by atoms with E-state index in [2.05, 4.69) is 9.97 Å². The Morgan fingerprint density at radius 1 is 1.55 bits per heavy atom. The third kappa shape index (κ3) is 2.23. The van der Waals surface area contributed by atoms with Crippen LogP contribution in [-0.4, -0.2) is 36.4 Å². The number of aromatic nitrogens is 2. The molecule has 1 N–H and O–H groups in total. The van der Waals surface area contributed by atoms with E-state index >= 15 is 0 Å². The van der Waals surface area contributed by atoms with Crippen LogP contribution in [0.3, 0.4) is 0 Å². The smallest absolute Gasteiger partial charge is 0.242 e. The van der Waals surface area contributed by atoms with Crippen LogP contribution in [-0.2, 0) is 11.2 Å². The van der Waals surface area contributed by atoms with E-state index in [1.807, 2.05) is 26.1 Å². The van der Waals surface area contributed by atoms with Gasteiger partial charge in [-0.05, 0) is 31.9 Å². The highest BCUT2D eigenvalue weighted by atomic mass is 32.2. The highest BCUT2D eigenvalue weighted by Gasteiger charge is 2.38. The number of carbonyl (C=O) groups is 1. The number of nitrogens with one attached hydrogen (secondary N) is 1. The highest BCUT2D eigenvalue weighted by Crippen LogP contribution is 2.32. The molecule has 0 bridgehead atoms. The van der Waals surface area contributed by atoms with Gasteiger partial charge in [-0.2, -0.15) is 0 Å². The Balaban J connectivity index is 1.85. The van der Waals surface area contributed by atoms with Crippen molar-refractivity contribution in [2.45, 2.75) is 31.6 Å². The Morgan fingerprint density at radius 3 is 3.05 bits per heavy atom. The first kappa shape index (κ1) is 13.6. The fraction of sp³-hybridized carbons (Fsp3) is 0.357. The summed E-state index contributed by atoms with van der Waals surface area (Å²) in [6, 6.07) is 2.10. The number of pyridine rings is 1. The average Bonchev–Trinajstić information content (AvgIpc) is 2.93. The number of thiocarbonyl (C=S) groups is 1. The number of amides is 1. The third-order valence-corrected chi connectivity index (χ3v) is 4.98. The number of aromatic amines is 1. The molecule has 1 aliphatic heterocycles. The quantitative estimate of drug-likeness (QED) is 0.886. The van der Waals surface area contributed by atoms with Crippen LogP contribution >= 0.6 is 24.0 Å². The molecule has 0 radical (unpaired) electrons. The van der Waals surface area contributed by atoms with E-state index in [9.17, 15) is 4.79 Å². The Bertz CT molecular complexity index is 680. The molecule has 0 aliphatic carbocycles. The zero-order chi connectivity index (χ0) is 14.3. The summed E-state index contributed by atoms with van der Waals surface area (Å²) in [7, 11) is 0. The molecule has 1 unspecified atom stereocenters. The number of hydrogen-bond donors (Lipinski definition) is 1. The van der Waals surface area contributed by atoms with E-state index in [1.54, 1.807) is 17.3 Å². The van der Waals surface area contributed by atoms with Gasteiger partial charge >= 0.3 is 0 Å². The first-order chi connectivity index (χ1) is 9.58. The summed E-state index contributed by atoms with van der Waals surface area (Å²) in [4.78, 5) is 21.4. The van der Waals surface area contributed by atoms with Gasteiger partial charge in [0.2, 0.25) is 5.91 Å². The summed E-state index contributed by atoms with van der Waals surface area (Å²) in [5, 5.41) is 1.01. The maximum absolute atomic E-state index is 12.4. The van der Waals surface area contributed by atoms with Gasteiger partial charge < -0.3 is 4.98 Å². The number of H-pyrrole nitrogens is 1. The van der Waals surface area contributed by atoms with Gasteiger partial charge in [0.15, 0.2) is 0 Å². The topological polar surface area (TPSA) is 49.0 Å². The molecule has 0 saturated carbocycles. The van der Waals surface area contributed by atoms with Gasteiger partial charge in [0, 0.05) is 23.8 Å². The largest absolute Gasteiger partial charge is 0.360 e. The molecule has 0 spiro atoms. The Hall–Kier alpha value is -1.40. The van der Waals surface area contributed by atoms with Crippen molar-refractivity contribution < 1.29 is 4.79 Å². The van der Waals surface area contributed by atoms with Crippen molar-refractivity contribution in [3.05, 3.63) is 30.2 Å². The summed E-state index contributed by atoms with van der Waals surface area (Å²) in [5.74, 6) is 0.124. The summed E-state index contributed by atoms with van der Waals surface area (Å²) in [6.07, 6.45) is 6.22. The number of carbonyl (C=O) groups excluding carboxylic acids is 1. The minimum Gasteiger partial charge on any atom is -0.360 e. The van der Waals surface area contributed by atoms with E-state index in [1.165, 1.54) is 11.8 Å². The van der Waals surface area contributed by atoms with Gasteiger partial charge in [0.1, 0.15) is 4.32 Å². The maximum atomic E-state index is 12.4. The van der Waals surface area contributed by atoms with Crippen molar-refractivity contribution in [3.8, 4) is 0 Å². The number of thioether (sulfide) groups is 1. The summed E-state index contributed by atoms with van der Waals surface area (Å²) < 4.78 is 0.691. The standard InChI is InChI=1S/C14H15N3OS2/c1-8(2)17-13(18)12(20-14(17)19)5-9-6-16-11-7-15-4-3-10(9)11/h3-4,6-8,12,16H,5H2,1-2H3. The molecule has 6 heteroatoms. The number of rotatable bonds is 3. The van der Waals surface area contributed by atoms with Gasteiger partial charge in [0.05, 0.1) is 17.0 Å². The lowest BCUT2D eigenvalue weighted by Gasteiger charge is -2.19. The summed E-state index contributed by atoms with van der Waals surface area (Å²) >= 11 is 6.81. The molecule has 20 heavy (non-hydrogen) atoms. The van der Waals surface area contributed by atoms with Crippen molar-refractivity contribution in [1.82, 2.24) is 14.9 Å². The van der Waals surface area contributed by atoms with Crippen molar-refractivity contribution in [2.75, 3.05) is 0 Å². The van der Waals surface area contributed by atoms with Crippen LogP contribution in [0.25, 0.3) is 10.9 Å². The normalized spacial score (nSPS) is 19.6. The van der Waals surface area contributed by atoms with Gasteiger partial charge in [-0.3, -0.25) is 14.7 Å². The van der Waals surface area contributed by atoms with Crippen LogP contribution in [0.1, 0.15) is 19.4 Å². The van der Waals surface area contributed by atoms with Crippen LogP contribution in [0.15, 0.2) is 24.7 Å². The lowest BCUT2D eigenvalue weighted by Crippen LogP contribution is -2.37. The van der Waals surface area contributed by atoms with Crippen molar-refractivity contribution in [3.63, 3.8) is 0 Å². The van der Waals surface area contributed by atoms with Gasteiger partial charge in [-0.15, -0.1) is 0 Å². The predicted octanol–water partition coefficient (Wildman–Crippen LogP) is 2.74. The molecule has 1 fully saturated rings. The fourth-order valence-corrected chi connectivity index (χ4v) is 4.25. The molecule has 3 rings (SSSR count). The zero-order valence-corrected chi connectivity index (χ0v) is 12.9. The predicted molar refractivity (Wildman–Crippen MR) is 85.8 cm³/mol. The highest BCUT2D eigenvalue weighted by molar-refractivity contribution is 8.24. The second-order valence-corrected chi connectivity index (χ2v) is 6.95. The molecular weight excluding hydrogens is 290 g/mol. The van der Waals surface area contributed by atoms with Crippen molar-refractivity contribution in [2.24, 2.45) is 0 Å². The molecule has 2 aromatic heterocycles. The second kappa shape index (κ2) is 5.18. The lowest BCUT2D eigenvalue weighted by molar-refractivity contribution is -0.127. The maximum Gasteiger partial charge on any atom is 0.242 e. The van der Waals surface area contributed by atoms with Crippen molar-refractivity contribution in [1.29, 1.82) is 0 Å². The van der Waals surface area contributed by atoms with Crippen LogP contribution in [0.2, 0.25) is 0 Å². The van der Waals surface area contributed by atoms with E-state index in [0.717, 1.165) is 16.5 Å². The number of hydrogen-bond acceptors (Lipinski definition) is 4. The fourth-order valence-electron chi connectivity index (χ4n) is 2.47. The second-order valence-electron chi connectivity index (χ2n) is 5.11. The van der Waals surface area contributed by atoms with E-state index < -0.39 is 0 Å². The molecule has 1 amide bonds. The molecule has 3 heterocycles. The van der Waals surface area contributed by atoms with Crippen LogP contribution < -0.4 is 0 Å². The molecule has 0 aromatic carbocycles. The molecule has 1 atom stereocenters.